The molecule has 0 spiro atoms. The molecule has 7 heteroatoms. The predicted molar refractivity (Wildman–Crippen MR) is 45.7 cm³/mol. The Kier molecular flexibility index (Phi) is 6.82. The molecule has 0 aromatic carbocycles. The van der Waals surface area contributed by atoms with Gasteiger partial charge in [0.1, 0.15) is 0 Å². The van der Waals surface area contributed by atoms with Crippen LogP contribution in [0, 0.1) is 0 Å². The van der Waals surface area contributed by atoms with Crippen LogP contribution in [0.2, 0.25) is 0 Å². The quantitative estimate of drug-likeness (QED) is 0.361. The van der Waals surface area contributed by atoms with E-state index in [0.29, 0.717) is 9.47 Å². The van der Waals surface area contributed by atoms with Gasteiger partial charge < -0.3 is 4.74 Å². The van der Waals surface area contributed by atoms with Gasteiger partial charge in [-0.2, -0.15) is 0 Å². The van der Waals surface area contributed by atoms with Crippen LogP contribution in [0.1, 0.15) is 0 Å². The summed E-state index contributed by atoms with van der Waals surface area (Å²) < 4.78 is 3.81. The fourth-order valence-corrected chi connectivity index (χ4v) is 0.196. The van der Waals surface area contributed by atoms with E-state index >= 15 is 0 Å². The molecule has 0 aromatic heterocycles. The third-order valence-electron chi connectivity index (χ3n) is 0.437. The molecular formula is C2BI2O3V. The summed E-state index contributed by atoms with van der Waals surface area (Å²) in [4.78, 5) is 19.2. The summed E-state index contributed by atoms with van der Waals surface area (Å²) in [6.45, 7) is 0. The summed E-state index contributed by atoms with van der Waals surface area (Å²) >= 11 is 4.74. The van der Waals surface area contributed by atoms with Gasteiger partial charge in [-0.1, -0.05) is 0 Å². The van der Waals surface area contributed by atoms with Crippen molar-refractivity contribution < 1.29 is 23.8 Å². The van der Waals surface area contributed by atoms with Crippen molar-refractivity contribution in [3.8, 4) is 0 Å². The molecule has 0 N–H and O–H groups in total. The number of rotatable bonds is 0. The van der Waals surface area contributed by atoms with Crippen LogP contribution < -0.4 is 0 Å². The van der Waals surface area contributed by atoms with Crippen molar-refractivity contribution in [1.82, 2.24) is 0 Å². The Labute approximate surface area is 81.7 Å². The zero-order chi connectivity index (χ0) is 7.28. The van der Waals surface area contributed by atoms with E-state index in [0.717, 1.165) is 7.28 Å². The van der Waals surface area contributed by atoms with Crippen LogP contribution in [0.4, 0.5) is 9.59 Å². The number of carbonyl (C=O) groups is 2. The van der Waals surface area contributed by atoms with Gasteiger partial charge in [-0.25, -0.2) is 0 Å². The van der Waals surface area contributed by atoms with Gasteiger partial charge in [0.15, 0.2) is 0 Å². The van der Waals surface area contributed by atoms with Crippen molar-refractivity contribution in [3.63, 3.8) is 0 Å². The molecule has 1 saturated heterocycles. The number of hydrogen-bond acceptors (Lipinski definition) is 3. The Hall–Kier alpha value is 1.25. The van der Waals surface area contributed by atoms with Gasteiger partial charge in [-0.3, -0.25) is 9.59 Å². The van der Waals surface area contributed by atoms with Crippen molar-refractivity contribution >= 4 is 59.0 Å². The molecule has 0 aliphatic carbocycles. The van der Waals surface area contributed by atoms with Crippen LogP contribution >= 0.6 is 40.0 Å². The van der Waals surface area contributed by atoms with E-state index < -0.39 is 11.7 Å². The van der Waals surface area contributed by atoms with E-state index in [1.54, 1.807) is 0 Å². The second kappa shape index (κ2) is 5.99. The molecule has 1 radical (unpaired) electrons. The van der Waals surface area contributed by atoms with E-state index in [1.165, 1.54) is 0 Å². The molecule has 1 rings (SSSR count). The van der Waals surface area contributed by atoms with Crippen LogP contribution in [0.25, 0.3) is 0 Å². The Morgan fingerprint density at radius 3 is 1.56 bits per heavy atom. The molecule has 1 aliphatic rings. The second-order valence-corrected chi connectivity index (χ2v) is 12.7. The molecule has 0 saturated carbocycles. The molecule has 0 unspecified atom stereocenters. The number of halogens is 2. The molecule has 0 atom stereocenters. The topological polar surface area (TPSA) is 43.4 Å². The summed E-state index contributed by atoms with van der Waals surface area (Å²) in [5.41, 5.74) is 0. The van der Waals surface area contributed by atoms with Gasteiger partial charge in [0, 0.05) is 0 Å². The molecule has 9 heavy (non-hydrogen) atoms. The third-order valence-corrected chi connectivity index (χ3v) is 0.437. The average Bonchev–Trinajstić information content (AvgIpc) is 1.65. The summed E-state index contributed by atoms with van der Waals surface area (Å²) in [6.07, 6.45) is 0. The Morgan fingerprint density at radius 1 is 1.33 bits per heavy atom. The Bertz CT molecular complexity index is 107. The molecule has 3 nitrogen and oxygen atoms in total. The van der Waals surface area contributed by atoms with Gasteiger partial charge >= 0.3 is 56.7 Å². The van der Waals surface area contributed by atoms with Gasteiger partial charge in [0.25, 0.3) is 11.7 Å². The maximum absolute atomic E-state index is 9.61. The summed E-state index contributed by atoms with van der Waals surface area (Å²) in [5.74, 6) is -1.08. The minimum atomic E-state index is -0.542. The van der Waals surface area contributed by atoms with Crippen LogP contribution in [0.15, 0.2) is 0 Å². The molecule has 0 amide bonds. The van der Waals surface area contributed by atoms with Crippen molar-refractivity contribution in [1.29, 1.82) is 0 Å². The van der Waals surface area contributed by atoms with Crippen LogP contribution in [0.5, 0.6) is 0 Å². The van der Waals surface area contributed by atoms with E-state index in [-0.39, 0.29) is 0 Å². The first-order valence-corrected chi connectivity index (χ1v) is 10.7. The number of cyclic esters (lactones) is 2. The van der Waals surface area contributed by atoms with Gasteiger partial charge in [-0.05, 0) is 0 Å². The van der Waals surface area contributed by atoms with Crippen molar-refractivity contribution in [2.45, 2.75) is 0 Å². The molecule has 0 bridgehead atoms. The molecule has 0 aromatic rings. The van der Waals surface area contributed by atoms with E-state index in [2.05, 4.69) is 44.7 Å². The van der Waals surface area contributed by atoms with Gasteiger partial charge in [-0.15, -0.1) is 0 Å². The molecule has 1 fully saturated rings. The minimum absolute atomic E-state index is 0.542. The summed E-state index contributed by atoms with van der Waals surface area (Å²) in [5, 5.41) is 0. The average molecular weight is 388 g/mol. The Balaban J connectivity index is 0.000000187. The zero-order valence-electron chi connectivity index (χ0n) is 4.01. The van der Waals surface area contributed by atoms with Crippen molar-refractivity contribution in [2.75, 3.05) is 0 Å². The first-order valence-electron chi connectivity index (χ1n) is 1.73. The molecule has 1 aliphatic heterocycles. The molecule has 48 valence electrons. The van der Waals surface area contributed by atoms with E-state index in [4.69, 9.17) is 0 Å². The van der Waals surface area contributed by atoms with E-state index in [9.17, 15) is 9.59 Å². The van der Waals surface area contributed by atoms with Crippen LogP contribution in [-0.2, 0) is 14.2 Å². The number of carbonyl (C=O) groups excluding carboxylic acids is 2. The van der Waals surface area contributed by atoms with Crippen molar-refractivity contribution in [2.24, 2.45) is 0 Å². The molecule has 1 heterocycles. The monoisotopic (exact) mass is 388 g/mol. The summed E-state index contributed by atoms with van der Waals surface area (Å²) in [7, 11) is 1.52. The van der Waals surface area contributed by atoms with Gasteiger partial charge in [0.2, 0.25) is 0 Å². The van der Waals surface area contributed by atoms with E-state index in [1.807, 2.05) is 0 Å². The first-order chi connectivity index (χ1) is 4.20. The van der Waals surface area contributed by atoms with Crippen molar-refractivity contribution in [3.05, 3.63) is 0 Å². The fraction of sp³-hybridized carbons (Fsp3) is 0. The molecular weight excluding hydrogens is 388 g/mol. The zero-order valence-corrected chi connectivity index (χ0v) is 9.72. The Morgan fingerprint density at radius 2 is 1.56 bits per heavy atom. The SMILES string of the molecule is O=C1[B]C(=O)O1.[I][V][I]. The number of hydrogen-bond donors (Lipinski definition) is 0. The maximum atomic E-state index is 9.61. The normalized spacial score (nSPS) is 13.6. The second-order valence-electron chi connectivity index (χ2n) is 0.948. The standard InChI is InChI=1S/C2BO3.2HI.V/c4-1-3-2(5)6-1;;;/h;2*1H;/q;;;+2/p-2. The van der Waals surface area contributed by atoms with Gasteiger partial charge in [0.05, 0.1) is 0 Å². The third kappa shape index (κ3) is 5.68. The van der Waals surface area contributed by atoms with Crippen LogP contribution in [-0.4, -0.2) is 19.0 Å². The first kappa shape index (κ1) is 10.2. The summed E-state index contributed by atoms with van der Waals surface area (Å²) in [6, 6.07) is 0. The fourth-order valence-electron chi connectivity index (χ4n) is 0.196. The number of ether oxygens (including phenoxy) is 1. The predicted octanol–water partition coefficient (Wildman–Crippen LogP) is 1.73. The van der Waals surface area contributed by atoms with Crippen LogP contribution in [0.3, 0.4) is 0 Å².